The third-order valence-corrected chi connectivity index (χ3v) is 4.06. The summed E-state index contributed by atoms with van der Waals surface area (Å²) >= 11 is 0. The van der Waals surface area contributed by atoms with Gasteiger partial charge < -0.3 is 5.32 Å². The Labute approximate surface area is 98.0 Å². The van der Waals surface area contributed by atoms with Gasteiger partial charge in [0, 0.05) is 18.4 Å². The SMILES string of the molecule is CC(=O)N[C@H]1CC[C@H](C(C)(C)C(C)=O)CC1. The summed E-state index contributed by atoms with van der Waals surface area (Å²) in [5.41, 5.74) is -0.207. The van der Waals surface area contributed by atoms with Gasteiger partial charge in [0.15, 0.2) is 0 Å². The van der Waals surface area contributed by atoms with Crippen LogP contribution in [0.4, 0.5) is 0 Å². The molecular formula is C13H23NO2. The predicted molar refractivity (Wildman–Crippen MR) is 64.0 cm³/mol. The Balaban J connectivity index is 2.49. The number of nitrogens with one attached hydrogen (secondary N) is 1. The zero-order chi connectivity index (χ0) is 12.3. The summed E-state index contributed by atoms with van der Waals surface area (Å²) in [6, 6.07) is 0.316. The average molecular weight is 225 g/mol. The Hall–Kier alpha value is -0.860. The molecule has 1 N–H and O–H groups in total. The molecule has 0 atom stereocenters. The first-order valence-electron chi connectivity index (χ1n) is 6.12. The first kappa shape index (κ1) is 13.2. The molecule has 1 amide bonds. The van der Waals surface area contributed by atoms with E-state index in [1.54, 1.807) is 13.8 Å². The Bertz CT molecular complexity index is 276. The molecule has 0 saturated heterocycles. The minimum atomic E-state index is -0.207. The van der Waals surface area contributed by atoms with E-state index in [1.807, 2.05) is 13.8 Å². The molecule has 0 aliphatic heterocycles. The molecule has 0 bridgehead atoms. The molecule has 0 radical (unpaired) electrons. The summed E-state index contributed by atoms with van der Waals surface area (Å²) in [5.74, 6) is 0.791. The number of ketones is 1. The van der Waals surface area contributed by atoms with E-state index in [-0.39, 0.29) is 17.1 Å². The van der Waals surface area contributed by atoms with Crippen LogP contribution in [-0.2, 0) is 9.59 Å². The summed E-state index contributed by atoms with van der Waals surface area (Å²) in [4.78, 5) is 22.5. The van der Waals surface area contributed by atoms with Gasteiger partial charge in [0.25, 0.3) is 0 Å². The number of hydrogen-bond donors (Lipinski definition) is 1. The molecule has 1 rings (SSSR count). The van der Waals surface area contributed by atoms with Crippen LogP contribution in [0.5, 0.6) is 0 Å². The van der Waals surface area contributed by atoms with E-state index in [9.17, 15) is 9.59 Å². The van der Waals surface area contributed by atoms with Crippen LogP contribution in [0.25, 0.3) is 0 Å². The Kier molecular flexibility index (Phi) is 4.11. The molecule has 3 heteroatoms. The normalized spacial score (nSPS) is 26.2. The monoisotopic (exact) mass is 225 g/mol. The Morgan fingerprint density at radius 2 is 1.56 bits per heavy atom. The van der Waals surface area contributed by atoms with E-state index in [0.717, 1.165) is 25.7 Å². The van der Waals surface area contributed by atoms with E-state index >= 15 is 0 Å². The van der Waals surface area contributed by atoms with Crippen molar-refractivity contribution in [2.24, 2.45) is 11.3 Å². The van der Waals surface area contributed by atoms with Gasteiger partial charge >= 0.3 is 0 Å². The lowest BCUT2D eigenvalue weighted by molar-refractivity contribution is -0.128. The van der Waals surface area contributed by atoms with Crippen LogP contribution in [0.15, 0.2) is 0 Å². The molecule has 92 valence electrons. The largest absolute Gasteiger partial charge is 0.354 e. The second-order valence-electron chi connectivity index (χ2n) is 5.53. The fourth-order valence-electron chi connectivity index (χ4n) is 2.53. The van der Waals surface area contributed by atoms with Crippen LogP contribution in [-0.4, -0.2) is 17.7 Å². The number of carbonyl (C=O) groups excluding carboxylic acids is 2. The number of rotatable bonds is 3. The minimum absolute atomic E-state index is 0.0503. The van der Waals surface area contributed by atoms with E-state index in [2.05, 4.69) is 5.32 Å². The molecule has 1 saturated carbocycles. The second kappa shape index (κ2) is 4.98. The summed E-state index contributed by atoms with van der Waals surface area (Å²) < 4.78 is 0. The van der Waals surface area contributed by atoms with Gasteiger partial charge in [-0.1, -0.05) is 13.8 Å². The topological polar surface area (TPSA) is 46.2 Å². The van der Waals surface area contributed by atoms with Crippen molar-refractivity contribution < 1.29 is 9.59 Å². The minimum Gasteiger partial charge on any atom is -0.354 e. The Morgan fingerprint density at radius 3 is 1.94 bits per heavy atom. The van der Waals surface area contributed by atoms with Crippen molar-refractivity contribution in [3.8, 4) is 0 Å². The highest BCUT2D eigenvalue weighted by Gasteiger charge is 2.36. The quantitative estimate of drug-likeness (QED) is 0.801. The number of carbonyl (C=O) groups is 2. The van der Waals surface area contributed by atoms with Crippen molar-refractivity contribution >= 4 is 11.7 Å². The molecule has 1 aliphatic carbocycles. The lowest BCUT2D eigenvalue weighted by atomic mass is 9.68. The molecule has 0 aromatic rings. The number of Topliss-reactive ketones (excluding diaryl/α,β-unsaturated/α-hetero) is 1. The van der Waals surface area contributed by atoms with E-state index in [4.69, 9.17) is 0 Å². The van der Waals surface area contributed by atoms with Gasteiger partial charge in [-0.3, -0.25) is 9.59 Å². The van der Waals surface area contributed by atoms with Gasteiger partial charge in [0.05, 0.1) is 0 Å². The van der Waals surface area contributed by atoms with Gasteiger partial charge in [-0.2, -0.15) is 0 Å². The molecule has 1 fully saturated rings. The van der Waals surface area contributed by atoms with E-state index < -0.39 is 0 Å². The summed E-state index contributed by atoms with van der Waals surface area (Å²) in [6.07, 6.45) is 4.08. The maximum absolute atomic E-state index is 11.6. The number of amides is 1. The van der Waals surface area contributed by atoms with Crippen LogP contribution in [0.3, 0.4) is 0 Å². The van der Waals surface area contributed by atoms with Crippen LogP contribution in [0, 0.1) is 11.3 Å². The zero-order valence-electron chi connectivity index (χ0n) is 10.8. The average Bonchev–Trinajstić information content (AvgIpc) is 2.17. The smallest absolute Gasteiger partial charge is 0.217 e. The van der Waals surface area contributed by atoms with Crippen LogP contribution in [0.2, 0.25) is 0 Å². The first-order valence-corrected chi connectivity index (χ1v) is 6.12. The lowest BCUT2D eigenvalue weighted by Gasteiger charge is -2.37. The molecule has 16 heavy (non-hydrogen) atoms. The molecule has 0 unspecified atom stereocenters. The van der Waals surface area contributed by atoms with Crippen LogP contribution in [0.1, 0.15) is 53.4 Å². The van der Waals surface area contributed by atoms with E-state index in [0.29, 0.717) is 12.0 Å². The highest BCUT2D eigenvalue weighted by Crippen LogP contribution is 2.38. The summed E-state index contributed by atoms with van der Waals surface area (Å²) in [7, 11) is 0. The van der Waals surface area contributed by atoms with Gasteiger partial charge in [0.2, 0.25) is 5.91 Å². The van der Waals surface area contributed by atoms with Crippen molar-refractivity contribution in [3.63, 3.8) is 0 Å². The van der Waals surface area contributed by atoms with Crippen LogP contribution >= 0.6 is 0 Å². The molecule has 3 nitrogen and oxygen atoms in total. The summed E-state index contributed by atoms with van der Waals surface area (Å²) in [5, 5.41) is 2.96. The van der Waals surface area contributed by atoms with Gasteiger partial charge in [-0.15, -0.1) is 0 Å². The van der Waals surface area contributed by atoms with Gasteiger partial charge in [-0.25, -0.2) is 0 Å². The predicted octanol–water partition coefficient (Wildman–Crippen LogP) is 2.30. The zero-order valence-corrected chi connectivity index (χ0v) is 10.8. The molecule has 0 spiro atoms. The summed E-state index contributed by atoms with van der Waals surface area (Å²) in [6.45, 7) is 7.32. The third-order valence-electron chi connectivity index (χ3n) is 4.06. The lowest BCUT2D eigenvalue weighted by Crippen LogP contribution is -2.40. The van der Waals surface area contributed by atoms with Crippen molar-refractivity contribution in [1.82, 2.24) is 5.32 Å². The first-order chi connectivity index (χ1) is 7.34. The van der Waals surface area contributed by atoms with Crippen molar-refractivity contribution in [1.29, 1.82) is 0 Å². The molecule has 0 aromatic carbocycles. The van der Waals surface area contributed by atoms with Crippen LogP contribution < -0.4 is 5.32 Å². The standard InChI is InChI=1S/C13H23NO2/c1-9(15)13(3,4)11-5-7-12(8-6-11)14-10(2)16/h11-12H,5-8H2,1-4H3,(H,14,16)/t11-,12-. The fraction of sp³-hybridized carbons (Fsp3) is 0.846. The number of hydrogen-bond acceptors (Lipinski definition) is 2. The van der Waals surface area contributed by atoms with Crippen molar-refractivity contribution in [2.45, 2.75) is 59.4 Å². The maximum Gasteiger partial charge on any atom is 0.217 e. The Morgan fingerprint density at radius 1 is 1.06 bits per heavy atom. The van der Waals surface area contributed by atoms with Gasteiger partial charge in [0.1, 0.15) is 5.78 Å². The molecule has 0 heterocycles. The maximum atomic E-state index is 11.6. The fourth-order valence-corrected chi connectivity index (χ4v) is 2.53. The molecule has 1 aliphatic rings. The highest BCUT2D eigenvalue weighted by molar-refractivity contribution is 5.81. The van der Waals surface area contributed by atoms with Gasteiger partial charge in [-0.05, 0) is 38.5 Å². The highest BCUT2D eigenvalue weighted by atomic mass is 16.1. The second-order valence-corrected chi connectivity index (χ2v) is 5.53. The van der Waals surface area contributed by atoms with Crippen molar-refractivity contribution in [2.75, 3.05) is 0 Å². The van der Waals surface area contributed by atoms with Crippen molar-refractivity contribution in [3.05, 3.63) is 0 Å². The third kappa shape index (κ3) is 3.06. The molecule has 0 aromatic heterocycles. The molecular weight excluding hydrogens is 202 g/mol. The van der Waals surface area contributed by atoms with E-state index in [1.165, 1.54) is 0 Å².